The highest BCUT2D eigenvalue weighted by atomic mass is 16.4. The minimum atomic E-state index is -0.683. The largest absolute Gasteiger partial charge is 0.481 e. The molecule has 0 atom stereocenters. The second-order valence-electron chi connectivity index (χ2n) is 4.95. The lowest BCUT2D eigenvalue weighted by Gasteiger charge is -2.39. The van der Waals surface area contributed by atoms with Crippen molar-refractivity contribution in [3.63, 3.8) is 0 Å². The standard InChI is InChI=1S/C12H18N2O2/c13-9-12(5-1-2-6-12)14-7-3-10(4-8-14)11(15)16/h10H,1-8H2,(H,15,16). The maximum atomic E-state index is 10.8. The lowest BCUT2D eigenvalue weighted by Crippen LogP contribution is -2.50. The molecule has 2 rings (SSSR count). The summed E-state index contributed by atoms with van der Waals surface area (Å²) >= 11 is 0. The van der Waals surface area contributed by atoms with Crippen molar-refractivity contribution >= 4 is 5.97 Å². The Hall–Kier alpha value is -1.08. The molecule has 0 bridgehead atoms. The molecule has 0 radical (unpaired) electrons. The highest BCUT2D eigenvalue weighted by molar-refractivity contribution is 5.70. The van der Waals surface area contributed by atoms with Crippen molar-refractivity contribution < 1.29 is 9.90 Å². The predicted octanol–water partition coefficient (Wildman–Crippen LogP) is 1.62. The van der Waals surface area contributed by atoms with Gasteiger partial charge in [-0.05, 0) is 25.7 Å². The predicted molar refractivity (Wildman–Crippen MR) is 58.7 cm³/mol. The third-order valence-electron chi connectivity index (χ3n) is 4.09. The lowest BCUT2D eigenvalue weighted by molar-refractivity contribution is -0.143. The van der Waals surface area contributed by atoms with Gasteiger partial charge in [0.2, 0.25) is 0 Å². The minimum absolute atomic E-state index is 0.201. The third-order valence-corrected chi connectivity index (χ3v) is 4.09. The first-order valence-corrected chi connectivity index (χ1v) is 6.07. The average Bonchev–Trinajstić information content (AvgIpc) is 2.79. The summed E-state index contributed by atoms with van der Waals surface area (Å²) in [7, 11) is 0. The van der Waals surface area contributed by atoms with Crippen LogP contribution in [-0.4, -0.2) is 34.6 Å². The van der Waals surface area contributed by atoms with Crippen LogP contribution in [0.25, 0.3) is 0 Å². The molecule has 1 saturated carbocycles. The molecule has 0 amide bonds. The van der Waals surface area contributed by atoms with Crippen LogP contribution in [-0.2, 0) is 4.79 Å². The van der Waals surface area contributed by atoms with Gasteiger partial charge in [0.25, 0.3) is 0 Å². The maximum Gasteiger partial charge on any atom is 0.306 e. The van der Waals surface area contributed by atoms with Crippen LogP contribution < -0.4 is 0 Å². The fourth-order valence-corrected chi connectivity index (χ4v) is 3.01. The smallest absolute Gasteiger partial charge is 0.306 e. The Labute approximate surface area is 95.9 Å². The number of piperidine rings is 1. The van der Waals surface area contributed by atoms with Crippen LogP contribution >= 0.6 is 0 Å². The average molecular weight is 222 g/mol. The van der Waals surface area contributed by atoms with Gasteiger partial charge < -0.3 is 5.11 Å². The van der Waals surface area contributed by atoms with Gasteiger partial charge in [-0.25, -0.2) is 0 Å². The molecule has 1 N–H and O–H groups in total. The molecule has 4 nitrogen and oxygen atoms in total. The lowest BCUT2D eigenvalue weighted by atomic mass is 9.90. The number of rotatable bonds is 2. The number of carboxylic acid groups (broad SMARTS) is 1. The molecule has 1 aliphatic heterocycles. The number of carbonyl (C=O) groups is 1. The van der Waals surface area contributed by atoms with Gasteiger partial charge in [-0.15, -0.1) is 0 Å². The van der Waals surface area contributed by atoms with E-state index in [0.717, 1.165) is 38.8 Å². The van der Waals surface area contributed by atoms with Crippen molar-refractivity contribution in [1.82, 2.24) is 4.90 Å². The molecule has 0 aromatic rings. The fraction of sp³-hybridized carbons (Fsp3) is 0.833. The molecule has 0 unspecified atom stereocenters. The van der Waals surface area contributed by atoms with Gasteiger partial charge in [0.15, 0.2) is 0 Å². The van der Waals surface area contributed by atoms with E-state index < -0.39 is 5.97 Å². The molecule has 2 aliphatic rings. The van der Waals surface area contributed by atoms with E-state index in [4.69, 9.17) is 5.11 Å². The van der Waals surface area contributed by atoms with Crippen molar-refractivity contribution in [2.45, 2.75) is 44.1 Å². The van der Waals surface area contributed by atoms with Gasteiger partial charge >= 0.3 is 5.97 Å². The van der Waals surface area contributed by atoms with Gasteiger partial charge in [-0.1, -0.05) is 12.8 Å². The summed E-state index contributed by atoms with van der Waals surface area (Å²) in [5, 5.41) is 18.3. The second-order valence-corrected chi connectivity index (χ2v) is 4.95. The Balaban J connectivity index is 1.98. The van der Waals surface area contributed by atoms with Crippen molar-refractivity contribution in [1.29, 1.82) is 5.26 Å². The van der Waals surface area contributed by atoms with Gasteiger partial charge in [0.1, 0.15) is 5.54 Å². The topological polar surface area (TPSA) is 64.3 Å². The Bertz CT molecular complexity index is 307. The number of nitriles is 1. The van der Waals surface area contributed by atoms with Crippen molar-refractivity contribution in [3.8, 4) is 6.07 Å². The summed E-state index contributed by atoms with van der Waals surface area (Å²) in [6.45, 7) is 1.54. The Morgan fingerprint density at radius 3 is 2.31 bits per heavy atom. The molecule has 1 saturated heterocycles. The summed E-state index contributed by atoms with van der Waals surface area (Å²) < 4.78 is 0. The van der Waals surface area contributed by atoms with Crippen molar-refractivity contribution in [3.05, 3.63) is 0 Å². The van der Waals surface area contributed by atoms with E-state index in [1.807, 2.05) is 0 Å². The van der Waals surface area contributed by atoms with Gasteiger partial charge in [-0.2, -0.15) is 5.26 Å². The number of carboxylic acids is 1. The first-order chi connectivity index (χ1) is 7.68. The quantitative estimate of drug-likeness (QED) is 0.771. The monoisotopic (exact) mass is 222 g/mol. The van der Waals surface area contributed by atoms with Gasteiger partial charge in [0, 0.05) is 13.1 Å². The third kappa shape index (κ3) is 1.92. The fourth-order valence-electron chi connectivity index (χ4n) is 3.01. The maximum absolute atomic E-state index is 10.8. The zero-order valence-electron chi connectivity index (χ0n) is 9.48. The van der Waals surface area contributed by atoms with Crippen LogP contribution in [0.5, 0.6) is 0 Å². The number of nitrogens with zero attached hydrogens (tertiary/aromatic N) is 2. The summed E-state index contributed by atoms with van der Waals surface area (Å²) in [5.74, 6) is -0.884. The molecule has 1 heterocycles. The number of likely N-dealkylation sites (tertiary alicyclic amines) is 1. The zero-order chi connectivity index (χ0) is 11.6. The van der Waals surface area contributed by atoms with E-state index in [9.17, 15) is 10.1 Å². The van der Waals surface area contributed by atoms with Crippen LogP contribution in [0, 0.1) is 17.2 Å². The first-order valence-electron chi connectivity index (χ1n) is 6.07. The molecule has 0 aromatic carbocycles. The highest BCUT2D eigenvalue weighted by Gasteiger charge is 2.41. The summed E-state index contributed by atoms with van der Waals surface area (Å²) in [5.41, 5.74) is -0.274. The Kier molecular flexibility index (Phi) is 3.15. The zero-order valence-corrected chi connectivity index (χ0v) is 9.48. The number of aliphatic carboxylic acids is 1. The van der Waals surface area contributed by atoms with Crippen LogP contribution in [0.2, 0.25) is 0 Å². The summed E-state index contributed by atoms with van der Waals surface area (Å²) in [6, 6.07) is 2.47. The molecule has 4 heteroatoms. The van der Waals surface area contributed by atoms with E-state index >= 15 is 0 Å². The molecule has 2 fully saturated rings. The summed E-state index contributed by atoms with van der Waals surface area (Å²) in [4.78, 5) is 13.1. The molecule has 0 aromatic heterocycles. The molecular weight excluding hydrogens is 204 g/mol. The van der Waals surface area contributed by atoms with Crippen LogP contribution in [0.4, 0.5) is 0 Å². The van der Waals surface area contributed by atoms with Crippen LogP contribution in [0.1, 0.15) is 38.5 Å². The number of hydrogen-bond acceptors (Lipinski definition) is 3. The molecule has 1 aliphatic carbocycles. The van der Waals surface area contributed by atoms with Crippen LogP contribution in [0.15, 0.2) is 0 Å². The van der Waals surface area contributed by atoms with E-state index in [1.165, 1.54) is 0 Å². The van der Waals surface area contributed by atoms with Crippen molar-refractivity contribution in [2.75, 3.05) is 13.1 Å². The van der Waals surface area contributed by atoms with E-state index in [1.54, 1.807) is 0 Å². The minimum Gasteiger partial charge on any atom is -0.481 e. The van der Waals surface area contributed by atoms with Crippen molar-refractivity contribution in [2.24, 2.45) is 5.92 Å². The highest BCUT2D eigenvalue weighted by Crippen LogP contribution is 2.37. The number of hydrogen-bond donors (Lipinski definition) is 1. The van der Waals surface area contributed by atoms with Gasteiger partial charge in [-0.3, -0.25) is 9.69 Å². The van der Waals surface area contributed by atoms with E-state index in [-0.39, 0.29) is 11.5 Å². The normalized spacial score (nSPS) is 26.4. The summed E-state index contributed by atoms with van der Waals surface area (Å²) in [6.07, 6.45) is 5.57. The molecule has 0 spiro atoms. The SMILES string of the molecule is N#CC1(N2CCC(C(=O)O)CC2)CCCC1. The van der Waals surface area contributed by atoms with E-state index in [0.29, 0.717) is 12.8 Å². The Morgan fingerprint density at radius 1 is 1.31 bits per heavy atom. The van der Waals surface area contributed by atoms with Gasteiger partial charge in [0.05, 0.1) is 12.0 Å². The Morgan fingerprint density at radius 2 is 1.88 bits per heavy atom. The second kappa shape index (κ2) is 4.42. The first kappa shape index (κ1) is 11.4. The van der Waals surface area contributed by atoms with E-state index in [2.05, 4.69) is 11.0 Å². The molecule has 16 heavy (non-hydrogen) atoms. The molecular formula is C12H18N2O2. The molecule has 88 valence electrons. The van der Waals surface area contributed by atoms with Crippen LogP contribution in [0.3, 0.4) is 0 Å².